The molecule has 0 atom stereocenters. The first-order valence-electron chi connectivity index (χ1n) is 6.49. The van der Waals surface area contributed by atoms with Gasteiger partial charge in [0, 0.05) is 13.2 Å². The van der Waals surface area contributed by atoms with E-state index in [0.29, 0.717) is 25.0 Å². The molecule has 1 aliphatic carbocycles. The molecule has 0 bridgehead atoms. The van der Waals surface area contributed by atoms with Gasteiger partial charge in [0.15, 0.2) is 0 Å². The molecule has 0 unspecified atom stereocenters. The fourth-order valence-electron chi connectivity index (χ4n) is 1.64. The number of anilines is 2. The highest BCUT2D eigenvalue weighted by Crippen LogP contribution is 2.28. The smallest absolute Gasteiger partial charge is 0.258 e. The highest BCUT2D eigenvalue weighted by molar-refractivity contribution is 5.34. The second-order valence-corrected chi connectivity index (χ2v) is 4.60. The molecule has 3 N–H and O–H groups in total. The van der Waals surface area contributed by atoms with Crippen LogP contribution in [0.3, 0.4) is 0 Å². The summed E-state index contributed by atoms with van der Waals surface area (Å²) in [5.74, 6) is 1.63. The Balaban J connectivity index is 1.55. The molecule has 0 aliphatic heterocycles. The van der Waals surface area contributed by atoms with Gasteiger partial charge in [0.1, 0.15) is 12.7 Å². The summed E-state index contributed by atoms with van der Waals surface area (Å²) in [6.07, 6.45) is 5.48. The Bertz CT molecular complexity index is 554. The second kappa shape index (κ2) is 5.78. The van der Waals surface area contributed by atoms with E-state index in [2.05, 4.69) is 30.4 Å². The minimum Gasteiger partial charge on any atom is -0.379 e. The van der Waals surface area contributed by atoms with Crippen LogP contribution in [0.5, 0.6) is 0 Å². The SMILES string of the molecule is Nc1nc(NCCOCC2CC2)nc(-n2cncn2)n1. The minimum atomic E-state index is 0.131. The van der Waals surface area contributed by atoms with Crippen LogP contribution in [0.25, 0.3) is 5.95 Å². The van der Waals surface area contributed by atoms with Gasteiger partial charge in [-0.2, -0.15) is 24.7 Å². The van der Waals surface area contributed by atoms with Crippen LogP contribution in [0.4, 0.5) is 11.9 Å². The normalized spacial score (nSPS) is 14.4. The Labute approximate surface area is 115 Å². The third kappa shape index (κ3) is 3.38. The zero-order chi connectivity index (χ0) is 13.8. The van der Waals surface area contributed by atoms with Crippen molar-refractivity contribution < 1.29 is 4.74 Å². The minimum absolute atomic E-state index is 0.131. The molecule has 2 aromatic heterocycles. The van der Waals surface area contributed by atoms with Gasteiger partial charge in [0.25, 0.3) is 5.95 Å². The molecular formula is C11H16N8O. The van der Waals surface area contributed by atoms with Gasteiger partial charge in [-0.1, -0.05) is 0 Å². The maximum atomic E-state index is 5.65. The van der Waals surface area contributed by atoms with Crippen molar-refractivity contribution in [3.05, 3.63) is 12.7 Å². The van der Waals surface area contributed by atoms with Crippen LogP contribution in [0.2, 0.25) is 0 Å². The lowest BCUT2D eigenvalue weighted by molar-refractivity contribution is 0.133. The Hall–Kier alpha value is -2.29. The highest BCUT2D eigenvalue weighted by Gasteiger charge is 2.20. The summed E-state index contributed by atoms with van der Waals surface area (Å²) in [6.45, 7) is 2.07. The third-order valence-electron chi connectivity index (χ3n) is 2.84. The van der Waals surface area contributed by atoms with Gasteiger partial charge in [-0.05, 0) is 18.8 Å². The predicted molar refractivity (Wildman–Crippen MR) is 71.2 cm³/mol. The molecule has 0 spiro atoms. The van der Waals surface area contributed by atoms with Crippen molar-refractivity contribution in [1.82, 2.24) is 29.7 Å². The van der Waals surface area contributed by atoms with Crippen LogP contribution >= 0.6 is 0 Å². The number of hydrogen-bond donors (Lipinski definition) is 2. The average molecular weight is 276 g/mol. The van der Waals surface area contributed by atoms with Crippen molar-refractivity contribution in [2.75, 3.05) is 30.8 Å². The number of nitrogens with two attached hydrogens (primary N) is 1. The van der Waals surface area contributed by atoms with Gasteiger partial charge >= 0.3 is 0 Å². The molecule has 0 saturated heterocycles. The Morgan fingerprint density at radius 3 is 3.00 bits per heavy atom. The summed E-state index contributed by atoms with van der Waals surface area (Å²) in [4.78, 5) is 16.1. The van der Waals surface area contributed by atoms with E-state index >= 15 is 0 Å². The Kier molecular flexibility index (Phi) is 3.68. The van der Waals surface area contributed by atoms with E-state index in [1.54, 1.807) is 0 Å². The van der Waals surface area contributed by atoms with Crippen LogP contribution in [0, 0.1) is 5.92 Å². The molecule has 9 nitrogen and oxygen atoms in total. The largest absolute Gasteiger partial charge is 0.379 e. The summed E-state index contributed by atoms with van der Waals surface area (Å²) in [7, 11) is 0. The molecule has 0 aromatic carbocycles. The standard InChI is InChI=1S/C11H16N8O/c12-9-16-10(14-3-4-20-5-8-1-2-8)18-11(17-9)19-7-13-6-15-19/h6-8H,1-5H2,(H3,12,14,16,17,18). The van der Waals surface area contributed by atoms with Crippen LogP contribution in [-0.4, -0.2) is 49.5 Å². The van der Waals surface area contributed by atoms with E-state index in [-0.39, 0.29) is 5.95 Å². The van der Waals surface area contributed by atoms with Crippen molar-refractivity contribution in [2.24, 2.45) is 5.92 Å². The predicted octanol–water partition coefficient (Wildman–Crippen LogP) is -0.127. The van der Waals surface area contributed by atoms with Crippen molar-refractivity contribution in [3.63, 3.8) is 0 Å². The molecule has 2 heterocycles. The first kappa shape index (κ1) is 12.7. The molecular weight excluding hydrogens is 260 g/mol. The van der Waals surface area contributed by atoms with E-state index in [1.807, 2.05) is 0 Å². The second-order valence-electron chi connectivity index (χ2n) is 4.60. The maximum Gasteiger partial charge on any atom is 0.258 e. The highest BCUT2D eigenvalue weighted by atomic mass is 16.5. The number of nitrogens with one attached hydrogen (secondary N) is 1. The summed E-state index contributed by atoms with van der Waals surface area (Å²) >= 11 is 0. The summed E-state index contributed by atoms with van der Waals surface area (Å²) in [5, 5.41) is 7.00. The molecule has 106 valence electrons. The molecule has 0 amide bonds. The Morgan fingerprint density at radius 2 is 2.25 bits per heavy atom. The van der Waals surface area contributed by atoms with Gasteiger partial charge in [-0.15, -0.1) is 0 Å². The van der Waals surface area contributed by atoms with E-state index in [4.69, 9.17) is 10.5 Å². The van der Waals surface area contributed by atoms with Gasteiger partial charge in [0.2, 0.25) is 11.9 Å². The summed E-state index contributed by atoms with van der Waals surface area (Å²) in [5.41, 5.74) is 5.65. The fourth-order valence-corrected chi connectivity index (χ4v) is 1.64. The number of hydrogen-bond acceptors (Lipinski definition) is 8. The Morgan fingerprint density at radius 1 is 1.35 bits per heavy atom. The van der Waals surface area contributed by atoms with Gasteiger partial charge in [0.05, 0.1) is 6.61 Å². The van der Waals surface area contributed by atoms with Crippen LogP contribution in [0.1, 0.15) is 12.8 Å². The van der Waals surface area contributed by atoms with Crippen LogP contribution in [0.15, 0.2) is 12.7 Å². The number of aromatic nitrogens is 6. The van der Waals surface area contributed by atoms with Gasteiger partial charge in [-0.3, -0.25) is 0 Å². The lowest BCUT2D eigenvalue weighted by atomic mass is 10.5. The zero-order valence-electron chi connectivity index (χ0n) is 10.9. The van der Waals surface area contributed by atoms with Crippen LogP contribution in [-0.2, 0) is 4.74 Å². The number of nitrogens with zero attached hydrogens (tertiary/aromatic N) is 6. The van der Waals surface area contributed by atoms with E-state index in [1.165, 1.54) is 30.2 Å². The van der Waals surface area contributed by atoms with E-state index in [9.17, 15) is 0 Å². The first-order valence-corrected chi connectivity index (χ1v) is 6.49. The van der Waals surface area contributed by atoms with Crippen LogP contribution < -0.4 is 11.1 Å². The maximum absolute atomic E-state index is 5.65. The number of ether oxygens (including phenoxy) is 1. The quantitative estimate of drug-likeness (QED) is 0.672. The van der Waals surface area contributed by atoms with Crippen molar-refractivity contribution in [2.45, 2.75) is 12.8 Å². The molecule has 1 saturated carbocycles. The third-order valence-corrected chi connectivity index (χ3v) is 2.84. The lowest BCUT2D eigenvalue weighted by Crippen LogP contribution is -2.15. The number of rotatable bonds is 7. The fraction of sp³-hybridized carbons (Fsp3) is 0.545. The van der Waals surface area contributed by atoms with Crippen molar-refractivity contribution in [1.29, 1.82) is 0 Å². The van der Waals surface area contributed by atoms with E-state index in [0.717, 1.165) is 12.5 Å². The first-order chi connectivity index (χ1) is 9.81. The average Bonchev–Trinajstić information content (AvgIpc) is 3.09. The molecule has 9 heteroatoms. The molecule has 0 radical (unpaired) electrons. The summed E-state index contributed by atoms with van der Waals surface area (Å²) in [6, 6.07) is 0. The molecule has 2 aromatic rings. The number of nitrogen functional groups attached to an aromatic ring is 1. The van der Waals surface area contributed by atoms with Crippen molar-refractivity contribution >= 4 is 11.9 Å². The zero-order valence-corrected chi connectivity index (χ0v) is 10.9. The van der Waals surface area contributed by atoms with Crippen molar-refractivity contribution in [3.8, 4) is 5.95 Å². The topological polar surface area (TPSA) is 117 Å². The van der Waals surface area contributed by atoms with Gasteiger partial charge in [-0.25, -0.2) is 4.98 Å². The molecule has 1 fully saturated rings. The molecule has 3 rings (SSSR count). The monoisotopic (exact) mass is 276 g/mol. The molecule has 20 heavy (non-hydrogen) atoms. The van der Waals surface area contributed by atoms with Gasteiger partial charge < -0.3 is 15.8 Å². The van der Waals surface area contributed by atoms with E-state index < -0.39 is 0 Å². The molecule has 1 aliphatic rings. The lowest BCUT2D eigenvalue weighted by Gasteiger charge is -2.07. The summed E-state index contributed by atoms with van der Waals surface area (Å²) < 4.78 is 6.94.